The first kappa shape index (κ1) is 14.1. The lowest BCUT2D eigenvalue weighted by Crippen LogP contribution is -2.28. The minimum Gasteiger partial charge on any atom is -0.308 e. The number of rotatable bonds is 6. The number of hydrogen-bond acceptors (Lipinski definition) is 5. The molecule has 2 heterocycles. The molecule has 0 spiro atoms. The summed E-state index contributed by atoms with van der Waals surface area (Å²) in [5.74, 6) is 0.895. The van der Waals surface area contributed by atoms with Crippen molar-refractivity contribution in [1.82, 2.24) is 25.5 Å². The maximum absolute atomic E-state index is 4.14. The molecule has 0 aliphatic heterocycles. The molecule has 0 bridgehead atoms. The molecule has 2 rings (SSSR count). The van der Waals surface area contributed by atoms with Gasteiger partial charge in [-0.2, -0.15) is 0 Å². The minimum absolute atomic E-state index is 0.0320. The van der Waals surface area contributed by atoms with Crippen LogP contribution in [-0.2, 0) is 12.0 Å². The van der Waals surface area contributed by atoms with Crippen molar-refractivity contribution in [1.29, 1.82) is 0 Å². The summed E-state index contributed by atoms with van der Waals surface area (Å²) in [4.78, 5) is 1.35. The van der Waals surface area contributed by atoms with E-state index in [-0.39, 0.29) is 11.5 Å². The maximum Gasteiger partial charge on any atom is 0.167 e. The van der Waals surface area contributed by atoms with Gasteiger partial charge in [0.05, 0.1) is 12.6 Å². The number of nitrogens with zero attached hydrogens (tertiary/aromatic N) is 4. The zero-order valence-corrected chi connectivity index (χ0v) is 12.7. The van der Waals surface area contributed by atoms with E-state index >= 15 is 0 Å². The molecule has 5 nitrogen and oxygen atoms in total. The summed E-state index contributed by atoms with van der Waals surface area (Å²) in [6.45, 7) is 10.3. The van der Waals surface area contributed by atoms with Crippen molar-refractivity contribution in [2.45, 2.75) is 45.7 Å². The van der Waals surface area contributed by atoms with E-state index in [0.717, 1.165) is 18.9 Å². The third-order valence-electron chi connectivity index (χ3n) is 3.19. The summed E-state index contributed by atoms with van der Waals surface area (Å²) in [7, 11) is 0. The van der Waals surface area contributed by atoms with Gasteiger partial charge in [0, 0.05) is 10.3 Å². The number of thiophene rings is 1. The Morgan fingerprint density at radius 3 is 2.89 bits per heavy atom. The normalized spacial score (nSPS) is 13.7. The second kappa shape index (κ2) is 5.79. The Bertz CT molecular complexity index is 503. The average molecular weight is 279 g/mol. The summed E-state index contributed by atoms with van der Waals surface area (Å²) < 4.78 is 1.91. The van der Waals surface area contributed by atoms with E-state index in [1.54, 1.807) is 11.3 Å². The zero-order chi connectivity index (χ0) is 13.9. The van der Waals surface area contributed by atoms with Crippen molar-refractivity contribution in [3.63, 3.8) is 0 Å². The lowest BCUT2D eigenvalue weighted by atomic mass is 9.91. The fourth-order valence-corrected chi connectivity index (χ4v) is 2.99. The van der Waals surface area contributed by atoms with Gasteiger partial charge in [-0.15, -0.1) is 16.4 Å². The molecule has 0 radical (unpaired) electrons. The first-order valence-corrected chi connectivity index (χ1v) is 7.46. The molecule has 0 aliphatic carbocycles. The van der Waals surface area contributed by atoms with Crippen LogP contribution in [0, 0.1) is 0 Å². The van der Waals surface area contributed by atoms with E-state index in [4.69, 9.17) is 0 Å². The van der Waals surface area contributed by atoms with Crippen LogP contribution < -0.4 is 5.32 Å². The number of tetrazole rings is 1. The van der Waals surface area contributed by atoms with Gasteiger partial charge in [-0.1, -0.05) is 26.8 Å². The van der Waals surface area contributed by atoms with E-state index in [1.165, 1.54) is 4.88 Å². The highest BCUT2D eigenvalue weighted by atomic mass is 32.1. The zero-order valence-electron chi connectivity index (χ0n) is 11.9. The van der Waals surface area contributed by atoms with Crippen LogP contribution in [0.1, 0.15) is 44.4 Å². The number of aromatic nitrogens is 4. The molecule has 1 atom stereocenters. The Morgan fingerprint density at radius 2 is 2.26 bits per heavy atom. The summed E-state index contributed by atoms with van der Waals surface area (Å²) in [5, 5.41) is 17.6. The highest BCUT2D eigenvalue weighted by Crippen LogP contribution is 2.29. The van der Waals surface area contributed by atoms with Gasteiger partial charge in [0.25, 0.3) is 0 Å². The fraction of sp³-hybridized carbons (Fsp3) is 0.615. The highest BCUT2D eigenvalue weighted by molar-refractivity contribution is 7.10. The van der Waals surface area contributed by atoms with Crippen molar-refractivity contribution in [3.05, 3.63) is 28.2 Å². The Labute approximate surface area is 118 Å². The quantitative estimate of drug-likeness (QED) is 0.882. The van der Waals surface area contributed by atoms with Crippen LogP contribution in [0.25, 0.3) is 0 Å². The van der Waals surface area contributed by atoms with Crippen LogP contribution in [0.2, 0.25) is 0 Å². The molecule has 19 heavy (non-hydrogen) atoms. The first-order valence-electron chi connectivity index (χ1n) is 6.58. The maximum atomic E-state index is 4.14. The molecule has 0 aliphatic rings. The Hall–Kier alpha value is -1.27. The Morgan fingerprint density at radius 1 is 1.47 bits per heavy atom. The van der Waals surface area contributed by atoms with Crippen LogP contribution >= 0.6 is 11.3 Å². The number of hydrogen-bond donors (Lipinski definition) is 1. The molecule has 6 heteroatoms. The van der Waals surface area contributed by atoms with Crippen LogP contribution in [0.3, 0.4) is 0 Å². The van der Waals surface area contributed by atoms with Gasteiger partial charge in [0.1, 0.15) is 0 Å². The molecule has 0 saturated heterocycles. The summed E-state index contributed by atoms with van der Waals surface area (Å²) in [6, 6.07) is 4.42. The topological polar surface area (TPSA) is 55.6 Å². The van der Waals surface area contributed by atoms with Crippen molar-refractivity contribution < 1.29 is 0 Å². The van der Waals surface area contributed by atoms with Gasteiger partial charge >= 0.3 is 0 Å². The largest absolute Gasteiger partial charge is 0.308 e. The molecule has 2 aromatic rings. The minimum atomic E-state index is 0.0320. The molecular weight excluding hydrogens is 258 g/mol. The van der Waals surface area contributed by atoms with Gasteiger partial charge in [-0.3, -0.25) is 0 Å². The summed E-state index contributed by atoms with van der Waals surface area (Å²) in [5.41, 5.74) is 0.0320. The molecule has 104 valence electrons. The van der Waals surface area contributed by atoms with Crippen LogP contribution in [0.5, 0.6) is 0 Å². The van der Waals surface area contributed by atoms with Gasteiger partial charge < -0.3 is 5.32 Å². The van der Waals surface area contributed by atoms with Crippen molar-refractivity contribution in [3.8, 4) is 0 Å². The van der Waals surface area contributed by atoms with Crippen molar-refractivity contribution in [2.24, 2.45) is 0 Å². The third kappa shape index (κ3) is 3.19. The summed E-state index contributed by atoms with van der Waals surface area (Å²) >= 11 is 1.78. The van der Waals surface area contributed by atoms with Gasteiger partial charge in [-0.05, 0) is 35.3 Å². The predicted molar refractivity (Wildman–Crippen MR) is 77.3 cm³/mol. The van der Waals surface area contributed by atoms with Crippen LogP contribution in [-0.4, -0.2) is 26.8 Å². The molecule has 0 aromatic carbocycles. The molecule has 1 N–H and O–H groups in total. The van der Waals surface area contributed by atoms with E-state index in [1.807, 2.05) is 4.68 Å². The smallest absolute Gasteiger partial charge is 0.167 e. The third-order valence-corrected chi connectivity index (χ3v) is 4.43. The number of nitrogens with one attached hydrogen (secondary N) is 1. The lowest BCUT2D eigenvalue weighted by Gasteiger charge is -2.24. The fourth-order valence-electron chi connectivity index (χ4n) is 2.15. The van der Waals surface area contributed by atoms with Crippen molar-refractivity contribution in [2.75, 3.05) is 6.54 Å². The van der Waals surface area contributed by atoms with Gasteiger partial charge in [-0.25, -0.2) is 4.68 Å². The predicted octanol–water partition coefficient (Wildman–Crippen LogP) is 2.38. The summed E-state index contributed by atoms with van der Waals surface area (Å²) in [6.07, 6.45) is 0. The first-order chi connectivity index (χ1) is 9.04. The molecular formula is C13H21N5S. The second-order valence-corrected chi connectivity index (χ2v) is 6.28. The van der Waals surface area contributed by atoms with Gasteiger partial charge in [0.2, 0.25) is 0 Å². The van der Waals surface area contributed by atoms with Crippen molar-refractivity contribution >= 4 is 11.3 Å². The molecule has 0 fully saturated rings. The lowest BCUT2D eigenvalue weighted by molar-refractivity contribution is 0.385. The monoisotopic (exact) mass is 279 g/mol. The van der Waals surface area contributed by atoms with E-state index in [0.29, 0.717) is 0 Å². The van der Waals surface area contributed by atoms with Crippen LogP contribution in [0.15, 0.2) is 17.5 Å². The van der Waals surface area contributed by atoms with Gasteiger partial charge in [0.15, 0.2) is 5.82 Å². The molecule has 0 amide bonds. The molecule has 1 unspecified atom stereocenters. The highest BCUT2D eigenvalue weighted by Gasteiger charge is 2.25. The van der Waals surface area contributed by atoms with Crippen LogP contribution in [0.4, 0.5) is 0 Å². The average Bonchev–Trinajstić information content (AvgIpc) is 2.98. The van der Waals surface area contributed by atoms with E-state index in [9.17, 15) is 0 Å². The van der Waals surface area contributed by atoms with E-state index in [2.05, 4.69) is 66.0 Å². The molecule has 2 aromatic heterocycles. The second-order valence-electron chi connectivity index (χ2n) is 5.34. The SMILES string of the molecule is CCNC(C)c1nnnn1CC(C)(C)c1cccs1. The van der Waals surface area contributed by atoms with E-state index < -0.39 is 0 Å². The Balaban J connectivity index is 2.18. The Kier molecular flexibility index (Phi) is 4.31. The standard InChI is InChI=1S/C13H21N5S/c1-5-14-10(2)12-15-16-17-18(12)9-13(3,4)11-7-6-8-19-11/h6-8,10,14H,5,9H2,1-4H3. The molecule has 0 saturated carbocycles.